The second-order valence-corrected chi connectivity index (χ2v) is 8.57. The summed E-state index contributed by atoms with van der Waals surface area (Å²) in [7, 11) is 0. The van der Waals surface area contributed by atoms with Gasteiger partial charge in [-0.3, -0.25) is 0 Å². The summed E-state index contributed by atoms with van der Waals surface area (Å²) in [6, 6.07) is 0. The Morgan fingerprint density at radius 3 is 0.778 bits per heavy atom. The normalized spacial score (nSPS) is 10.7. The number of rotatable bonds is 21. The van der Waals surface area contributed by atoms with E-state index in [-0.39, 0.29) is 0 Å². The summed E-state index contributed by atoms with van der Waals surface area (Å²) >= 11 is 0. The van der Waals surface area contributed by atoms with Crippen LogP contribution in [0.5, 0.6) is 0 Å². The van der Waals surface area contributed by atoms with Crippen LogP contribution in [0.15, 0.2) is 0 Å². The molecule has 0 rings (SSSR count). The zero-order chi connectivity index (χ0) is 19.7. The topological polar surface area (TPSA) is 0 Å². The summed E-state index contributed by atoms with van der Waals surface area (Å²) in [5.41, 5.74) is 0. The van der Waals surface area contributed by atoms with E-state index in [1.165, 1.54) is 135 Å². The van der Waals surface area contributed by atoms with Gasteiger partial charge in [-0.25, -0.2) is 0 Å². The van der Waals surface area contributed by atoms with Crippen LogP contribution in [0.2, 0.25) is 0 Å². The monoisotopic (exact) mass is 376 g/mol. The van der Waals surface area contributed by atoms with Gasteiger partial charge in [0, 0.05) is 12.8 Å². The highest BCUT2D eigenvalue weighted by molar-refractivity contribution is 4.98. The highest BCUT2D eigenvalue weighted by Crippen LogP contribution is 2.13. The maximum absolute atomic E-state index is 3.38. The van der Waals surface area contributed by atoms with Crippen LogP contribution in [-0.4, -0.2) is 0 Å². The Labute approximate surface area is 173 Å². The highest BCUT2D eigenvalue weighted by atomic mass is 14.0. The van der Waals surface area contributed by atoms with Gasteiger partial charge in [0.05, 0.1) is 0 Å². The molecule has 0 aromatic rings. The highest BCUT2D eigenvalue weighted by Gasteiger charge is 1.94. The first-order valence-electron chi connectivity index (χ1n) is 12.9. The lowest BCUT2D eigenvalue weighted by Crippen LogP contribution is -1.83. The van der Waals surface area contributed by atoms with E-state index >= 15 is 0 Å². The molecule has 0 heteroatoms. The van der Waals surface area contributed by atoms with E-state index in [0.29, 0.717) is 0 Å². The van der Waals surface area contributed by atoms with Crippen LogP contribution in [0.4, 0.5) is 0 Å². The first-order valence-corrected chi connectivity index (χ1v) is 12.9. The lowest BCUT2D eigenvalue weighted by atomic mass is 10.0. The van der Waals surface area contributed by atoms with E-state index in [0.717, 1.165) is 12.8 Å². The van der Waals surface area contributed by atoms with E-state index in [4.69, 9.17) is 0 Å². The molecular formula is C27H52. The first kappa shape index (κ1) is 26.6. The minimum absolute atomic E-state index is 1.13. The molecular weight excluding hydrogens is 324 g/mol. The molecule has 0 amide bonds. The molecule has 0 spiro atoms. The van der Waals surface area contributed by atoms with Gasteiger partial charge in [-0.1, -0.05) is 136 Å². The average molecular weight is 377 g/mol. The Morgan fingerprint density at radius 1 is 0.296 bits per heavy atom. The Morgan fingerprint density at radius 2 is 0.519 bits per heavy atom. The number of unbranched alkanes of at least 4 members (excludes halogenated alkanes) is 21. The van der Waals surface area contributed by atoms with Crippen molar-refractivity contribution in [3.63, 3.8) is 0 Å². The van der Waals surface area contributed by atoms with Gasteiger partial charge >= 0.3 is 0 Å². The van der Waals surface area contributed by atoms with Crippen LogP contribution in [0.1, 0.15) is 162 Å². The van der Waals surface area contributed by atoms with Crippen LogP contribution in [0, 0.1) is 11.8 Å². The standard InChI is InChI=1S/C27H52/c1-3-5-7-9-11-13-15-17-19-21-23-25-27-26-24-22-20-18-16-14-12-10-8-6-4-2/h3-17,19,21-27H2,1-2H3. The fraction of sp³-hybridized carbons (Fsp3) is 0.926. The minimum atomic E-state index is 1.13. The van der Waals surface area contributed by atoms with Gasteiger partial charge in [-0.05, 0) is 12.8 Å². The van der Waals surface area contributed by atoms with Crippen LogP contribution in [0.3, 0.4) is 0 Å². The van der Waals surface area contributed by atoms with Gasteiger partial charge in [0.2, 0.25) is 0 Å². The summed E-state index contributed by atoms with van der Waals surface area (Å²) in [5.74, 6) is 6.76. The summed E-state index contributed by atoms with van der Waals surface area (Å²) in [6.45, 7) is 4.58. The molecule has 0 aliphatic carbocycles. The van der Waals surface area contributed by atoms with Crippen molar-refractivity contribution in [2.75, 3.05) is 0 Å². The second kappa shape index (κ2) is 25.6. The Bertz CT molecular complexity index is 306. The molecule has 0 aromatic carbocycles. The van der Waals surface area contributed by atoms with Crippen molar-refractivity contribution in [3.8, 4) is 11.8 Å². The minimum Gasteiger partial charge on any atom is -0.103 e. The third-order valence-electron chi connectivity index (χ3n) is 5.69. The summed E-state index contributed by atoms with van der Waals surface area (Å²) in [6.07, 6.45) is 32.2. The van der Waals surface area contributed by atoms with E-state index in [2.05, 4.69) is 25.7 Å². The van der Waals surface area contributed by atoms with E-state index in [1.54, 1.807) is 0 Å². The van der Waals surface area contributed by atoms with Gasteiger partial charge in [0.1, 0.15) is 0 Å². The van der Waals surface area contributed by atoms with E-state index in [1.807, 2.05) is 0 Å². The van der Waals surface area contributed by atoms with Crippen molar-refractivity contribution in [1.82, 2.24) is 0 Å². The predicted octanol–water partition coefficient (Wildman–Crippen LogP) is 10.0. The SMILES string of the molecule is CCCCCCCCC#CCCCCCCCCCCCCCCCCC. The summed E-state index contributed by atoms with van der Waals surface area (Å²) < 4.78 is 0. The smallest absolute Gasteiger partial charge is 0.00886 e. The molecule has 0 bridgehead atoms. The fourth-order valence-electron chi connectivity index (χ4n) is 3.76. The van der Waals surface area contributed by atoms with E-state index < -0.39 is 0 Å². The molecule has 0 unspecified atom stereocenters. The van der Waals surface area contributed by atoms with Gasteiger partial charge in [0.15, 0.2) is 0 Å². The second-order valence-electron chi connectivity index (χ2n) is 8.57. The third-order valence-corrected chi connectivity index (χ3v) is 5.69. The molecule has 27 heavy (non-hydrogen) atoms. The molecule has 0 heterocycles. The molecule has 0 nitrogen and oxygen atoms in total. The maximum atomic E-state index is 3.38. The van der Waals surface area contributed by atoms with Crippen molar-refractivity contribution in [3.05, 3.63) is 0 Å². The zero-order valence-electron chi connectivity index (χ0n) is 19.3. The molecule has 160 valence electrons. The number of hydrogen-bond acceptors (Lipinski definition) is 0. The van der Waals surface area contributed by atoms with Gasteiger partial charge < -0.3 is 0 Å². The molecule has 0 saturated heterocycles. The fourth-order valence-corrected chi connectivity index (χ4v) is 3.76. The Balaban J connectivity index is 3.06. The van der Waals surface area contributed by atoms with E-state index in [9.17, 15) is 0 Å². The average Bonchev–Trinajstić information content (AvgIpc) is 2.68. The van der Waals surface area contributed by atoms with Crippen LogP contribution in [-0.2, 0) is 0 Å². The van der Waals surface area contributed by atoms with Crippen LogP contribution >= 0.6 is 0 Å². The summed E-state index contributed by atoms with van der Waals surface area (Å²) in [5, 5.41) is 0. The molecule has 0 atom stereocenters. The quantitative estimate of drug-likeness (QED) is 0.138. The van der Waals surface area contributed by atoms with Crippen molar-refractivity contribution in [1.29, 1.82) is 0 Å². The van der Waals surface area contributed by atoms with Gasteiger partial charge in [0.25, 0.3) is 0 Å². The summed E-state index contributed by atoms with van der Waals surface area (Å²) in [4.78, 5) is 0. The van der Waals surface area contributed by atoms with Crippen LogP contribution in [0.25, 0.3) is 0 Å². The Hall–Kier alpha value is -0.440. The maximum Gasteiger partial charge on any atom is 0.00886 e. The van der Waals surface area contributed by atoms with Crippen molar-refractivity contribution < 1.29 is 0 Å². The van der Waals surface area contributed by atoms with Crippen molar-refractivity contribution in [2.24, 2.45) is 0 Å². The molecule has 0 N–H and O–H groups in total. The first-order chi connectivity index (χ1) is 13.4. The van der Waals surface area contributed by atoms with Crippen molar-refractivity contribution in [2.45, 2.75) is 162 Å². The molecule has 0 aliphatic rings. The zero-order valence-corrected chi connectivity index (χ0v) is 19.3. The lowest BCUT2D eigenvalue weighted by molar-refractivity contribution is 0.533. The lowest BCUT2D eigenvalue weighted by Gasteiger charge is -2.03. The molecule has 0 aromatic heterocycles. The predicted molar refractivity (Wildman–Crippen MR) is 125 cm³/mol. The van der Waals surface area contributed by atoms with Gasteiger partial charge in [-0.2, -0.15) is 0 Å². The third kappa shape index (κ3) is 25.6. The number of hydrogen-bond donors (Lipinski definition) is 0. The molecule has 0 aliphatic heterocycles. The largest absolute Gasteiger partial charge is 0.103 e. The van der Waals surface area contributed by atoms with Crippen molar-refractivity contribution >= 4 is 0 Å². The van der Waals surface area contributed by atoms with Crippen LogP contribution < -0.4 is 0 Å². The Kier molecular flexibility index (Phi) is 25.1. The van der Waals surface area contributed by atoms with Gasteiger partial charge in [-0.15, -0.1) is 11.8 Å². The molecule has 0 saturated carbocycles. The molecule has 0 fully saturated rings. The molecule has 0 radical (unpaired) electrons.